The summed E-state index contributed by atoms with van der Waals surface area (Å²) in [5, 5.41) is 29.3. The maximum atomic E-state index is 13.8. The van der Waals surface area contributed by atoms with Crippen molar-refractivity contribution in [2.24, 2.45) is 17.8 Å². The lowest BCUT2D eigenvalue weighted by Crippen LogP contribution is -2.61. The fourth-order valence-corrected chi connectivity index (χ4v) is 8.34. The van der Waals surface area contributed by atoms with Crippen molar-refractivity contribution >= 4 is 17.7 Å². The highest BCUT2D eigenvalue weighted by atomic mass is 16.7. The Hall–Kier alpha value is -1.95. The second kappa shape index (κ2) is 20.5. The molecule has 4 unspecified atom stereocenters. The Balaban J connectivity index is 2.06. The number of hydrogen-bond donors (Lipinski definition) is 4. The average molecular weight is 773 g/mol. The number of carbonyl (C=O) groups is 3. The van der Waals surface area contributed by atoms with Gasteiger partial charge in [0, 0.05) is 71.6 Å². The third-order valence-corrected chi connectivity index (χ3v) is 11.5. The molecule has 0 aromatic heterocycles. The van der Waals surface area contributed by atoms with E-state index in [4.69, 9.17) is 28.4 Å². The highest BCUT2D eigenvalue weighted by Crippen LogP contribution is 2.39. The third-order valence-electron chi connectivity index (χ3n) is 11.5. The number of aliphatic hydroxyl groups is 2. The van der Waals surface area contributed by atoms with Crippen molar-refractivity contribution in [3.05, 3.63) is 0 Å². The molecule has 3 heterocycles. The zero-order chi connectivity index (χ0) is 40.5. The van der Waals surface area contributed by atoms with Crippen LogP contribution in [0.1, 0.15) is 93.9 Å². The molecule has 3 amide bonds. The van der Waals surface area contributed by atoms with E-state index >= 15 is 0 Å². The van der Waals surface area contributed by atoms with Crippen molar-refractivity contribution in [1.82, 2.24) is 20.4 Å². The molecule has 0 spiro atoms. The van der Waals surface area contributed by atoms with Gasteiger partial charge in [0.05, 0.1) is 41.5 Å². The van der Waals surface area contributed by atoms with Crippen LogP contribution >= 0.6 is 0 Å². The SMILES string of the molecule is CCC(=O)NCCCO[C@H]1C(O[C@@H]2[C@@H](C)C(O[C@H]3C[C@@](C)(OC)[C@@H](O)[C@H](C)O3)C(C)C(=O)NCCC(=O)N(C)C[C@H](C)CC2(C)O)O[C@H](C)C[C@@H]1N(C)C. The minimum absolute atomic E-state index is 0.0252. The second-order valence-corrected chi connectivity index (χ2v) is 16.7. The Morgan fingerprint density at radius 3 is 2.39 bits per heavy atom. The number of aliphatic hydroxyl groups excluding tert-OH is 1. The van der Waals surface area contributed by atoms with E-state index in [0.29, 0.717) is 39.0 Å². The van der Waals surface area contributed by atoms with Crippen LogP contribution in [0.3, 0.4) is 0 Å². The van der Waals surface area contributed by atoms with Crippen LogP contribution in [0, 0.1) is 17.8 Å². The Bertz CT molecular complexity index is 1210. The van der Waals surface area contributed by atoms with Crippen molar-refractivity contribution in [3.63, 3.8) is 0 Å². The van der Waals surface area contributed by atoms with Crippen LogP contribution in [0.5, 0.6) is 0 Å². The van der Waals surface area contributed by atoms with Crippen molar-refractivity contribution < 1.29 is 53.0 Å². The van der Waals surface area contributed by atoms with Gasteiger partial charge in [-0.1, -0.05) is 27.7 Å². The summed E-state index contributed by atoms with van der Waals surface area (Å²) in [5.41, 5.74) is -2.48. The van der Waals surface area contributed by atoms with E-state index in [9.17, 15) is 24.6 Å². The Kier molecular flexibility index (Phi) is 17.6. The van der Waals surface area contributed by atoms with E-state index in [2.05, 4.69) is 15.5 Å². The van der Waals surface area contributed by atoms with Gasteiger partial charge < -0.3 is 59.1 Å². The number of nitrogens with zero attached hydrogens (tertiary/aromatic N) is 2. The van der Waals surface area contributed by atoms with Crippen LogP contribution in [0.15, 0.2) is 0 Å². The first-order valence-corrected chi connectivity index (χ1v) is 19.9. The van der Waals surface area contributed by atoms with Gasteiger partial charge in [-0.15, -0.1) is 0 Å². The number of methoxy groups -OCH3 is 1. The minimum atomic E-state index is -1.50. The van der Waals surface area contributed by atoms with Crippen molar-refractivity contribution in [1.29, 1.82) is 0 Å². The number of carbonyl (C=O) groups excluding carboxylic acids is 3. The lowest BCUT2D eigenvalue weighted by molar-refractivity contribution is -0.320. The molecule has 3 rings (SSSR count). The predicted molar refractivity (Wildman–Crippen MR) is 202 cm³/mol. The van der Waals surface area contributed by atoms with Gasteiger partial charge in [-0.3, -0.25) is 14.4 Å². The molecule has 0 bridgehead atoms. The topological polar surface area (TPSA) is 178 Å². The smallest absolute Gasteiger partial charge is 0.225 e. The van der Waals surface area contributed by atoms with Crippen LogP contribution in [-0.2, 0) is 42.8 Å². The molecule has 0 radical (unpaired) electrons. The van der Waals surface area contributed by atoms with Gasteiger partial charge in [0.25, 0.3) is 0 Å². The highest BCUT2D eigenvalue weighted by molar-refractivity contribution is 5.80. The predicted octanol–water partition coefficient (Wildman–Crippen LogP) is 2.05. The maximum absolute atomic E-state index is 13.8. The highest BCUT2D eigenvalue weighted by Gasteiger charge is 2.51. The molecule has 0 aromatic rings. The summed E-state index contributed by atoms with van der Waals surface area (Å²) < 4.78 is 38.7. The summed E-state index contributed by atoms with van der Waals surface area (Å²) in [6.45, 7) is 16.1. The first-order valence-electron chi connectivity index (χ1n) is 19.9. The molecule has 314 valence electrons. The molecule has 3 aliphatic heterocycles. The van der Waals surface area contributed by atoms with Crippen LogP contribution < -0.4 is 10.6 Å². The lowest BCUT2D eigenvalue weighted by atomic mass is 9.77. The quantitative estimate of drug-likeness (QED) is 0.213. The summed E-state index contributed by atoms with van der Waals surface area (Å²) in [7, 11) is 7.23. The van der Waals surface area contributed by atoms with E-state index in [-0.39, 0.29) is 61.6 Å². The normalized spacial score (nSPS) is 40.6. The summed E-state index contributed by atoms with van der Waals surface area (Å²) in [6, 6.07) is -0.0895. The molecule has 0 saturated carbocycles. The monoisotopic (exact) mass is 773 g/mol. The average Bonchev–Trinajstić information content (AvgIpc) is 3.10. The molecule has 3 aliphatic rings. The molecule has 4 N–H and O–H groups in total. The molecule has 3 saturated heterocycles. The van der Waals surface area contributed by atoms with Gasteiger partial charge in [-0.05, 0) is 67.0 Å². The van der Waals surface area contributed by atoms with Crippen molar-refractivity contribution in [2.75, 3.05) is 54.5 Å². The van der Waals surface area contributed by atoms with Crippen molar-refractivity contribution in [2.45, 2.75) is 160 Å². The van der Waals surface area contributed by atoms with Crippen LogP contribution in [0.4, 0.5) is 0 Å². The Morgan fingerprint density at radius 1 is 1.07 bits per heavy atom. The molecule has 0 aliphatic carbocycles. The third kappa shape index (κ3) is 12.3. The first-order chi connectivity index (χ1) is 25.2. The van der Waals surface area contributed by atoms with Gasteiger partial charge in [0.2, 0.25) is 17.7 Å². The lowest BCUT2D eigenvalue weighted by Gasteiger charge is -2.49. The van der Waals surface area contributed by atoms with Gasteiger partial charge >= 0.3 is 0 Å². The first kappa shape index (κ1) is 46.4. The van der Waals surface area contributed by atoms with E-state index in [1.807, 2.05) is 41.8 Å². The van der Waals surface area contributed by atoms with E-state index < -0.39 is 66.1 Å². The second-order valence-electron chi connectivity index (χ2n) is 16.7. The zero-order valence-corrected chi connectivity index (χ0v) is 35.0. The van der Waals surface area contributed by atoms with Gasteiger partial charge in [-0.2, -0.15) is 0 Å². The Labute approximate surface area is 323 Å². The van der Waals surface area contributed by atoms with Crippen LogP contribution in [0.25, 0.3) is 0 Å². The van der Waals surface area contributed by atoms with Crippen LogP contribution in [-0.4, -0.2) is 159 Å². The Morgan fingerprint density at radius 2 is 1.76 bits per heavy atom. The number of likely N-dealkylation sites (N-methyl/N-ethyl adjacent to an activating group) is 1. The van der Waals surface area contributed by atoms with E-state index in [0.717, 1.165) is 0 Å². The largest absolute Gasteiger partial charge is 0.387 e. The van der Waals surface area contributed by atoms with Crippen LogP contribution in [0.2, 0.25) is 0 Å². The fourth-order valence-electron chi connectivity index (χ4n) is 8.34. The number of nitrogens with one attached hydrogen (secondary N) is 2. The fraction of sp³-hybridized carbons (Fsp3) is 0.923. The number of rotatable bonds is 12. The number of amides is 3. The van der Waals surface area contributed by atoms with Gasteiger partial charge in [0.15, 0.2) is 12.6 Å². The van der Waals surface area contributed by atoms with Gasteiger partial charge in [0.1, 0.15) is 12.2 Å². The maximum Gasteiger partial charge on any atom is 0.225 e. The molecule has 15 nitrogen and oxygen atoms in total. The number of hydrogen-bond acceptors (Lipinski definition) is 12. The standard InChI is InChI=1S/C39H72N4O11/c1-13-29(44)40-16-14-18-50-33-28(42(9)10)19-24(3)51-37(33)54-35-25(4)32(53-31-21-39(8,49-12)34(46)27(6)52-31)26(5)36(47)41-17-15-30(45)43(11)22-23(2)20-38(35,7)48/h23-28,31-35,37,46,48H,13-22H2,1-12H3,(H,40,44)(H,41,47)/t23-,24-,25+,26?,27+,28+,31+,32?,33-,34+,35-,37?,38?,39-/m1/s1. The van der Waals surface area contributed by atoms with E-state index in [1.165, 1.54) is 7.11 Å². The molecule has 15 heteroatoms. The summed E-state index contributed by atoms with van der Waals surface area (Å²) >= 11 is 0. The molecular weight excluding hydrogens is 700 g/mol. The molecule has 54 heavy (non-hydrogen) atoms. The summed E-state index contributed by atoms with van der Waals surface area (Å²) in [6.07, 6.45) is -3.62. The molecule has 0 aromatic carbocycles. The molecule has 3 fully saturated rings. The minimum Gasteiger partial charge on any atom is -0.387 e. The van der Waals surface area contributed by atoms with Crippen molar-refractivity contribution in [3.8, 4) is 0 Å². The summed E-state index contributed by atoms with van der Waals surface area (Å²) in [4.78, 5) is 42.4. The summed E-state index contributed by atoms with van der Waals surface area (Å²) in [5.74, 6) is -1.99. The molecule has 14 atom stereocenters. The number of ether oxygens (including phenoxy) is 6. The van der Waals surface area contributed by atoms with Gasteiger partial charge in [-0.25, -0.2) is 0 Å². The molecular formula is C39H72N4O11. The van der Waals surface area contributed by atoms with E-state index in [1.54, 1.807) is 39.6 Å². The zero-order valence-electron chi connectivity index (χ0n) is 35.0.